The lowest BCUT2D eigenvalue weighted by Gasteiger charge is -2.31. The van der Waals surface area contributed by atoms with Gasteiger partial charge in [-0.3, -0.25) is 19.6 Å². The molecular formula is C19H21N3O5S. The zero-order valence-electron chi connectivity index (χ0n) is 15.6. The number of nitrogens with one attached hydrogen (secondary N) is 1. The van der Waals surface area contributed by atoms with E-state index in [1.54, 1.807) is 23.1 Å². The van der Waals surface area contributed by atoms with E-state index in [0.717, 1.165) is 30.2 Å². The van der Waals surface area contributed by atoms with Crippen LogP contribution in [0.3, 0.4) is 0 Å². The molecule has 0 saturated heterocycles. The lowest BCUT2D eigenvalue weighted by molar-refractivity contribution is -0.387. The maximum Gasteiger partial charge on any atom is 0.289 e. The van der Waals surface area contributed by atoms with E-state index in [1.807, 2.05) is 13.8 Å². The van der Waals surface area contributed by atoms with Gasteiger partial charge in [0, 0.05) is 29.9 Å². The van der Waals surface area contributed by atoms with Crippen molar-refractivity contribution in [3.63, 3.8) is 0 Å². The number of hydrogen-bond acceptors (Lipinski definition) is 5. The molecule has 9 heteroatoms. The molecule has 1 aliphatic heterocycles. The molecule has 2 aromatic carbocycles. The maximum atomic E-state index is 12.7. The standard InChI is InChI=1S/C19H21N3O5S/c1-13(2)19(23)21-11-5-6-14-12-15(9-10-16(14)21)20-28(26,27)18-8-4-3-7-17(18)22(24)25/h3-4,7-10,12-13,20H,5-6,11H2,1-2H3. The molecule has 0 saturated carbocycles. The number of aryl methyl sites for hydroxylation is 1. The van der Waals surface area contributed by atoms with Gasteiger partial charge in [-0.15, -0.1) is 0 Å². The highest BCUT2D eigenvalue weighted by molar-refractivity contribution is 7.92. The van der Waals surface area contributed by atoms with Gasteiger partial charge in [0.25, 0.3) is 15.7 Å². The van der Waals surface area contributed by atoms with Crippen molar-refractivity contribution in [2.24, 2.45) is 5.92 Å². The summed E-state index contributed by atoms with van der Waals surface area (Å²) in [5.74, 6) is -0.114. The van der Waals surface area contributed by atoms with E-state index in [-0.39, 0.29) is 11.8 Å². The SMILES string of the molecule is CC(C)C(=O)N1CCCc2cc(NS(=O)(=O)c3ccccc3[N+](=O)[O-])ccc21. The summed E-state index contributed by atoms with van der Waals surface area (Å²) in [4.78, 5) is 24.2. The fourth-order valence-corrected chi connectivity index (χ4v) is 4.47. The fourth-order valence-electron chi connectivity index (χ4n) is 3.25. The molecule has 1 heterocycles. The highest BCUT2D eigenvalue weighted by Crippen LogP contribution is 2.32. The number of amides is 1. The second-order valence-corrected chi connectivity index (χ2v) is 8.57. The molecule has 1 aliphatic rings. The van der Waals surface area contributed by atoms with Gasteiger partial charge in [-0.1, -0.05) is 26.0 Å². The molecule has 0 atom stereocenters. The Hall–Kier alpha value is -2.94. The number of fused-ring (bicyclic) bond motifs is 1. The lowest BCUT2D eigenvalue weighted by Crippen LogP contribution is -2.38. The molecule has 1 N–H and O–H groups in total. The number of nitro groups is 1. The summed E-state index contributed by atoms with van der Waals surface area (Å²) in [7, 11) is -4.13. The molecule has 0 radical (unpaired) electrons. The number of carbonyl (C=O) groups is 1. The Kier molecular flexibility index (Phi) is 5.37. The number of sulfonamides is 1. The van der Waals surface area contributed by atoms with E-state index >= 15 is 0 Å². The number of rotatable bonds is 5. The third-order valence-electron chi connectivity index (χ3n) is 4.56. The highest BCUT2D eigenvalue weighted by atomic mass is 32.2. The van der Waals surface area contributed by atoms with E-state index in [0.29, 0.717) is 12.2 Å². The Morgan fingerprint density at radius 3 is 2.61 bits per heavy atom. The molecule has 1 amide bonds. The Morgan fingerprint density at radius 2 is 1.93 bits per heavy atom. The van der Waals surface area contributed by atoms with Crippen molar-refractivity contribution in [2.75, 3.05) is 16.2 Å². The third kappa shape index (κ3) is 3.84. The Labute approximate surface area is 163 Å². The summed E-state index contributed by atoms with van der Waals surface area (Å²) in [6.45, 7) is 4.31. The fraction of sp³-hybridized carbons (Fsp3) is 0.316. The molecule has 3 rings (SSSR count). The van der Waals surface area contributed by atoms with Gasteiger partial charge >= 0.3 is 0 Å². The van der Waals surface area contributed by atoms with E-state index in [4.69, 9.17) is 0 Å². The van der Waals surface area contributed by atoms with Gasteiger partial charge in [-0.2, -0.15) is 0 Å². The summed E-state index contributed by atoms with van der Waals surface area (Å²) >= 11 is 0. The van der Waals surface area contributed by atoms with Gasteiger partial charge in [-0.05, 0) is 42.7 Å². The number of carbonyl (C=O) groups excluding carboxylic acids is 1. The third-order valence-corrected chi connectivity index (χ3v) is 5.99. The van der Waals surface area contributed by atoms with Crippen molar-refractivity contribution >= 4 is 33.0 Å². The first-order valence-electron chi connectivity index (χ1n) is 8.91. The number of benzene rings is 2. The normalized spacial score (nSPS) is 13.9. The Balaban J connectivity index is 1.93. The van der Waals surface area contributed by atoms with Crippen molar-refractivity contribution in [3.8, 4) is 0 Å². The number of hydrogen-bond donors (Lipinski definition) is 1. The number of nitro benzene ring substituents is 1. The predicted molar refractivity (Wildman–Crippen MR) is 106 cm³/mol. The molecule has 0 aromatic heterocycles. The molecule has 8 nitrogen and oxygen atoms in total. The van der Waals surface area contributed by atoms with Crippen LogP contribution in [-0.2, 0) is 21.2 Å². The van der Waals surface area contributed by atoms with Crippen LogP contribution in [0.15, 0.2) is 47.4 Å². The molecular weight excluding hydrogens is 382 g/mol. The summed E-state index contributed by atoms with van der Waals surface area (Å²) in [6, 6.07) is 10.2. The highest BCUT2D eigenvalue weighted by Gasteiger charge is 2.27. The van der Waals surface area contributed by atoms with Gasteiger partial charge in [0.1, 0.15) is 0 Å². The zero-order chi connectivity index (χ0) is 20.5. The lowest BCUT2D eigenvalue weighted by atomic mass is 9.99. The molecule has 0 bridgehead atoms. The molecule has 148 valence electrons. The van der Waals surface area contributed by atoms with Crippen LogP contribution in [0.2, 0.25) is 0 Å². The van der Waals surface area contributed by atoms with Gasteiger partial charge < -0.3 is 4.90 Å². The van der Waals surface area contributed by atoms with E-state index < -0.39 is 25.5 Å². The van der Waals surface area contributed by atoms with Crippen LogP contribution in [-0.4, -0.2) is 25.8 Å². The van der Waals surface area contributed by atoms with Crippen LogP contribution in [0.4, 0.5) is 17.1 Å². The quantitative estimate of drug-likeness (QED) is 0.608. The molecule has 0 spiro atoms. The van der Waals surface area contributed by atoms with Crippen LogP contribution in [0.1, 0.15) is 25.8 Å². The van der Waals surface area contributed by atoms with Gasteiger partial charge in [0.05, 0.1) is 4.92 Å². The first kappa shape index (κ1) is 19.8. The number of anilines is 2. The number of nitrogens with zero attached hydrogens (tertiary/aromatic N) is 2. The van der Waals surface area contributed by atoms with E-state index in [1.165, 1.54) is 18.2 Å². The van der Waals surface area contributed by atoms with Gasteiger partial charge in [0.2, 0.25) is 5.91 Å². The van der Waals surface area contributed by atoms with E-state index in [2.05, 4.69) is 4.72 Å². The summed E-state index contributed by atoms with van der Waals surface area (Å²) in [5, 5.41) is 11.1. The topological polar surface area (TPSA) is 110 Å². The first-order chi connectivity index (χ1) is 13.2. The minimum absolute atomic E-state index is 0.0224. The summed E-state index contributed by atoms with van der Waals surface area (Å²) < 4.78 is 27.8. The zero-order valence-corrected chi connectivity index (χ0v) is 16.4. The Bertz CT molecular complexity index is 1030. The largest absolute Gasteiger partial charge is 0.312 e. The smallest absolute Gasteiger partial charge is 0.289 e. The van der Waals surface area contributed by atoms with E-state index in [9.17, 15) is 23.3 Å². The van der Waals surface area contributed by atoms with Crippen molar-refractivity contribution in [1.29, 1.82) is 0 Å². The minimum Gasteiger partial charge on any atom is -0.312 e. The van der Waals surface area contributed by atoms with Crippen LogP contribution >= 0.6 is 0 Å². The number of para-hydroxylation sites is 1. The molecule has 0 unspecified atom stereocenters. The summed E-state index contributed by atoms with van der Waals surface area (Å²) in [6.07, 6.45) is 1.50. The van der Waals surface area contributed by atoms with Crippen molar-refractivity contribution < 1.29 is 18.1 Å². The second kappa shape index (κ2) is 7.59. The van der Waals surface area contributed by atoms with Crippen molar-refractivity contribution in [2.45, 2.75) is 31.6 Å². The van der Waals surface area contributed by atoms with Crippen LogP contribution in [0, 0.1) is 16.0 Å². The minimum atomic E-state index is -4.13. The van der Waals surface area contributed by atoms with Crippen LogP contribution < -0.4 is 9.62 Å². The average Bonchev–Trinajstić information content (AvgIpc) is 2.66. The Morgan fingerprint density at radius 1 is 1.21 bits per heavy atom. The molecule has 0 fully saturated rings. The first-order valence-corrected chi connectivity index (χ1v) is 10.4. The molecule has 0 aliphatic carbocycles. The van der Waals surface area contributed by atoms with Crippen LogP contribution in [0.5, 0.6) is 0 Å². The summed E-state index contributed by atoms with van der Waals surface area (Å²) in [5.41, 5.74) is 1.46. The van der Waals surface area contributed by atoms with Gasteiger partial charge in [0.15, 0.2) is 4.90 Å². The predicted octanol–water partition coefficient (Wildman–Crippen LogP) is 3.33. The van der Waals surface area contributed by atoms with Crippen molar-refractivity contribution in [1.82, 2.24) is 0 Å². The van der Waals surface area contributed by atoms with Crippen molar-refractivity contribution in [3.05, 3.63) is 58.1 Å². The average molecular weight is 403 g/mol. The van der Waals surface area contributed by atoms with Crippen LogP contribution in [0.25, 0.3) is 0 Å². The molecule has 2 aromatic rings. The van der Waals surface area contributed by atoms with Gasteiger partial charge in [-0.25, -0.2) is 8.42 Å². The molecule has 28 heavy (non-hydrogen) atoms. The monoisotopic (exact) mass is 403 g/mol. The second-order valence-electron chi connectivity index (χ2n) is 6.92. The maximum absolute atomic E-state index is 12.7.